The number of nitriles is 3. The van der Waals surface area contributed by atoms with Crippen LogP contribution in [0.2, 0.25) is 0 Å². The Balaban J connectivity index is 3.46. The molecule has 0 saturated heterocycles. The molecule has 1 heterocycles. The van der Waals surface area contributed by atoms with Gasteiger partial charge in [0.2, 0.25) is 0 Å². The molecular weight excluding hydrogens is 222 g/mol. The van der Waals surface area contributed by atoms with Gasteiger partial charge in [-0.05, 0) is 12.3 Å². The third-order valence-electron chi connectivity index (χ3n) is 1.90. The van der Waals surface area contributed by atoms with Crippen LogP contribution in [0.15, 0.2) is 33.6 Å². The molecule has 0 fully saturated rings. The first-order valence-electron chi connectivity index (χ1n) is 4.15. The number of nitrogens with two attached hydrogens (primary N) is 1. The van der Waals surface area contributed by atoms with E-state index < -0.39 is 0 Å². The molecule has 0 spiro atoms. The molecule has 5 nitrogen and oxygen atoms in total. The number of dihydropyridines is 1. The van der Waals surface area contributed by atoms with E-state index in [2.05, 4.69) is 5.32 Å². The molecule has 0 radical (unpaired) electrons. The van der Waals surface area contributed by atoms with Gasteiger partial charge >= 0.3 is 0 Å². The summed E-state index contributed by atoms with van der Waals surface area (Å²) in [6.07, 6.45) is 3.39. The van der Waals surface area contributed by atoms with Gasteiger partial charge in [0.25, 0.3) is 0 Å². The summed E-state index contributed by atoms with van der Waals surface area (Å²) < 4.78 is 0. The summed E-state index contributed by atoms with van der Waals surface area (Å²) in [6, 6.07) is 5.37. The number of nitrogens with zero attached hydrogens (tertiary/aromatic N) is 3. The minimum atomic E-state index is -0.118. The molecule has 0 bridgehead atoms. The van der Waals surface area contributed by atoms with Crippen LogP contribution in [0.1, 0.15) is 0 Å². The Bertz CT molecular complexity index is 517. The van der Waals surface area contributed by atoms with Crippen LogP contribution in [-0.4, -0.2) is 6.26 Å². The molecule has 0 aliphatic carbocycles. The second-order valence-electron chi connectivity index (χ2n) is 2.75. The summed E-state index contributed by atoms with van der Waals surface area (Å²) in [7, 11) is 0. The molecule has 0 amide bonds. The topological polar surface area (TPSA) is 109 Å². The molecule has 1 rings (SSSR count). The van der Waals surface area contributed by atoms with Crippen molar-refractivity contribution < 1.29 is 0 Å². The Labute approximate surface area is 97.1 Å². The highest BCUT2D eigenvalue weighted by Crippen LogP contribution is 2.25. The van der Waals surface area contributed by atoms with Gasteiger partial charge < -0.3 is 11.1 Å². The van der Waals surface area contributed by atoms with Gasteiger partial charge in [-0.1, -0.05) is 0 Å². The first-order valence-corrected chi connectivity index (χ1v) is 5.37. The number of rotatable bonds is 1. The van der Waals surface area contributed by atoms with Gasteiger partial charge in [-0.15, -0.1) is 11.8 Å². The molecule has 0 saturated carbocycles. The number of hydrogen-bond acceptors (Lipinski definition) is 6. The van der Waals surface area contributed by atoms with E-state index >= 15 is 0 Å². The van der Waals surface area contributed by atoms with Gasteiger partial charge in [0, 0.05) is 5.57 Å². The SMILES string of the molecule is CSC1=CC(=C(C#N)C#N)C(C#N)=C(N)N1. The first-order chi connectivity index (χ1) is 7.67. The summed E-state index contributed by atoms with van der Waals surface area (Å²) in [5, 5.41) is 30.0. The summed E-state index contributed by atoms with van der Waals surface area (Å²) in [5.74, 6) is 0.160. The maximum atomic E-state index is 8.91. The van der Waals surface area contributed by atoms with Crippen molar-refractivity contribution in [2.75, 3.05) is 6.26 Å². The van der Waals surface area contributed by atoms with Crippen LogP contribution in [0.4, 0.5) is 0 Å². The minimum Gasteiger partial charge on any atom is -0.384 e. The number of hydrogen-bond donors (Lipinski definition) is 2. The predicted molar refractivity (Wildman–Crippen MR) is 59.8 cm³/mol. The Kier molecular flexibility index (Phi) is 3.61. The van der Waals surface area contributed by atoms with E-state index in [-0.39, 0.29) is 22.5 Å². The van der Waals surface area contributed by atoms with Gasteiger partial charge in [0.1, 0.15) is 35.2 Å². The van der Waals surface area contributed by atoms with Crippen molar-refractivity contribution in [1.82, 2.24) is 5.32 Å². The average molecular weight is 229 g/mol. The second-order valence-corrected chi connectivity index (χ2v) is 3.60. The largest absolute Gasteiger partial charge is 0.384 e. The molecular formula is C10H7N5S. The number of allylic oxidation sites excluding steroid dienone is 4. The lowest BCUT2D eigenvalue weighted by molar-refractivity contribution is 0.972. The van der Waals surface area contributed by atoms with Crippen LogP contribution in [0.3, 0.4) is 0 Å². The summed E-state index contributed by atoms with van der Waals surface area (Å²) in [5.41, 5.74) is 5.91. The highest BCUT2D eigenvalue weighted by atomic mass is 32.2. The van der Waals surface area contributed by atoms with Crippen molar-refractivity contribution in [2.45, 2.75) is 0 Å². The molecule has 1 aliphatic heterocycles. The Hall–Kier alpha value is -2.36. The van der Waals surface area contributed by atoms with Crippen molar-refractivity contribution >= 4 is 11.8 Å². The van der Waals surface area contributed by atoms with Gasteiger partial charge in [-0.25, -0.2) is 0 Å². The lowest BCUT2D eigenvalue weighted by Crippen LogP contribution is -2.24. The van der Waals surface area contributed by atoms with Crippen molar-refractivity contribution in [3.8, 4) is 18.2 Å². The van der Waals surface area contributed by atoms with E-state index in [0.29, 0.717) is 5.03 Å². The smallest absolute Gasteiger partial charge is 0.138 e. The standard InChI is InChI=1S/C10H7N5S/c1-16-9-2-7(6(3-11)4-12)8(5-13)10(14)15-9/h2,15H,14H2,1H3. The molecule has 6 heteroatoms. The average Bonchev–Trinajstić information content (AvgIpc) is 2.30. The molecule has 0 atom stereocenters. The first kappa shape index (κ1) is 11.7. The van der Waals surface area contributed by atoms with Crippen LogP contribution >= 0.6 is 11.8 Å². The van der Waals surface area contributed by atoms with Gasteiger partial charge in [-0.2, -0.15) is 15.8 Å². The van der Waals surface area contributed by atoms with E-state index in [1.165, 1.54) is 11.8 Å². The molecule has 1 aliphatic rings. The lowest BCUT2D eigenvalue weighted by Gasteiger charge is -2.17. The Morgan fingerprint density at radius 2 is 2.00 bits per heavy atom. The maximum Gasteiger partial charge on any atom is 0.138 e. The van der Waals surface area contributed by atoms with Crippen LogP contribution in [-0.2, 0) is 0 Å². The summed E-state index contributed by atoms with van der Waals surface area (Å²) in [4.78, 5) is 0. The molecule has 0 aromatic heterocycles. The lowest BCUT2D eigenvalue weighted by atomic mass is 10.00. The van der Waals surface area contributed by atoms with Crippen molar-refractivity contribution in [2.24, 2.45) is 5.73 Å². The van der Waals surface area contributed by atoms with Crippen LogP contribution in [0, 0.1) is 34.0 Å². The zero-order valence-corrected chi connectivity index (χ0v) is 9.22. The van der Waals surface area contributed by atoms with Gasteiger partial charge in [0.05, 0.1) is 5.03 Å². The van der Waals surface area contributed by atoms with Crippen LogP contribution in [0.5, 0.6) is 0 Å². The van der Waals surface area contributed by atoms with E-state index in [9.17, 15) is 0 Å². The van der Waals surface area contributed by atoms with Crippen molar-refractivity contribution in [1.29, 1.82) is 15.8 Å². The third-order valence-corrected chi connectivity index (χ3v) is 2.56. The zero-order valence-electron chi connectivity index (χ0n) is 8.40. The molecule has 0 aromatic rings. The highest BCUT2D eigenvalue weighted by Gasteiger charge is 2.19. The normalized spacial score (nSPS) is 14.1. The van der Waals surface area contributed by atoms with Gasteiger partial charge in [-0.3, -0.25) is 0 Å². The number of nitrogens with one attached hydrogen (secondary N) is 1. The predicted octanol–water partition coefficient (Wildman–Crippen LogP) is 0.832. The quantitative estimate of drug-likeness (QED) is 0.644. The monoisotopic (exact) mass is 229 g/mol. The van der Waals surface area contributed by atoms with Crippen molar-refractivity contribution in [3.63, 3.8) is 0 Å². The van der Waals surface area contributed by atoms with Crippen LogP contribution in [0.25, 0.3) is 0 Å². The third kappa shape index (κ3) is 2.00. The second kappa shape index (κ2) is 4.93. The number of thioether (sulfide) groups is 1. The fraction of sp³-hybridized carbons (Fsp3) is 0.100. The van der Waals surface area contributed by atoms with E-state index in [1.54, 1.807) is 18.2 Å². The Morgan fingerprint density at radius 3 is 2.44 bits per heavy atom. The zero-order chi connectivity index (χ0) is 12.1. The van der Waals surface area contributed by atoms with Crippen LogP contribution < -0.4 is 11.1 Å². The summed E-state index contributed by atoms with van der Waals surface area (Å²) >= 11 is 1.38. The van der Waals surface area contributed by atoms with E-state index in [1.807, 2.05) is 12.3 Å². The van der Waals surface area contributed by atoms with E-state index in [0.717, 1.165) is 0 Å². The fourth-order valence-electron chi connectivity index (χ4n) is 1.15. The van der Waals surface area contributed by atoms with E-state index in [4.69, 9.17) is 21.5 Å². The maximum absolute atomic E-state index is 8.91. The molecule has 3 N–H and O–H groups in total. The molecule has 0 unspecified atom stereocenters. The molecule has 16 heavy (non-hydrogen) atoms. The van der Waals surface area contributed by atoms with Crippen molar-refractivity contribution in [3.05, 3.63) is 33.6 Å². The minimum absolute atomic E-state index is 0.118. The summed E-state index contributed by atoms with van der Waals surface area (Å²) in [6.45, 7) is 0. The molecule has 78 valence electrons. The van der Waals surface area contributed by atoms with Gasteiger partial charge in [0.15, 0.2) is 0 Å². The molecule has 0 aromatic carbocycles. The Morgan fingerprint density at radius 1 is 1.38 bits per heavy atom. The highest BCUT2D eigenvalue weighted by molar-refractivity contribution is 8.02. The fourth-order valence-corrected chi connectivity index (χ4v) is 1.60.